The molecule has 2 aromatic rings. The fourth-order valence-corrected chi connectivity index (χ4v) is 4.69. The number of hydrogen-bond acceptors (Lipinski definition) is 6. The van der Waals surface area contributed by atoms with Crippen molar-refractivity contribution in [1.82, 2.24) is 0 Å². The molecule has 39 heavy (non-hydrogen) atoms. The van der Waals surface area contributed by atoms with E-state index in [9.17, 15) is 24.3 Å². The smallest absolute Gasteiger partial charge is 0.347 e. The van der Waals surface area contributed by atoms with Gasteiger partial charge in [0.2, 0.25) is 0 Å². The van der Waals surface area contributed by atoms with E-state index in [1.54, 1.807) is 13.0 Å². The van der Waals surface area contributed by atoms with Gasteiger partial charge in [0, 0.05) is 6.08 Å². The summed E-state index contributed by atoms with van der Waals surface area (Å²) in [5.41, 5.74) is 3.16. The van der Waals surface area contributed by atoms with E-state index in [-0.39, 0.29) is 33.3 Å². The van der Waals surface area contributed by atoms with Gasteiger partial charge in [0.25, 0.3) is 0 Å². The van der Waals surface area contributed by atoms with Crippen molar-refractivity contribution >= 4 is 28.7 Å². The molecule has 0 atom stereocenters. The number of benzene rings is 1. The Morgan fingerprint density at radius 2 is 1.77 bits per heavy atom. The van der Waals surface area contributed by atoms with E-state index >= 15 is 0 Å². The second-order valence-electron chi connectivity index (χ2n) is 10.5. The summed E-state index contributed by atoms with van der Waals surface area (Å²) in [6, 6.07) is 3.64. The second-order valence-corrected chi connectivity index (χ2v) is 10.5. The van der Waals surface area contributed by atoms with Crippen molar-refractivity contribution in [3.05, 3.63) is 98.5 Å². The molecule has 7 nitrogen and oxygen atoms in total. The molecule has 1 aliphatic rings. The normalized spacial score (nSPS) is 16.4. The first-order valence-electron chi connectivity index (χ1n) is 12.8. The van der Waals surface area contributed by atoms with Gasteiger partial charge in [-0.15, -0.1) is 0 Å². The zero-order chi connectivity index (χ0) is 28.9. The molecule has 0 spiro atoms. The van der Waals surface area contributed by atoms with E-state index in [2.05, 4.69) is 32.9 Å². The molecule has 0 fully saturated rings. The van der Waals surface area contributed by atoms with Gasteiger partial charge >= 0.3 is 17.6 Å². The lowest BCUT2D eigenvalue weighted by Gasteiger charge is -2.32. The fraction of sp³-hybridized carbons (Fsp3) is 0.312. The van der Waals surface area contributed by atoms with Crippen LogP contribution >= 0.6 is 0 Å². The summed E-state index contributed by atoms with van der Waals surface area (Å²) >= 11 is 0. The standard InChI is InChI=1S/C32H34O7/c1-19(12-14-26-21(3)11-8-16-32(26,5)6)9-7-10-20(2)17-28(34)39-29-23(30(35)36)13-15-27-25(29)18-24(22(4)33)31(37)38-27/h7,9-10,12-15,17-18H,8,11,16H2,1-6H3,(H,35,36). The molecule has 0 radical (unpaired) electrons. The first-order valence-corrected chi connectivity index (χ1v) is 12.8. The third-order valence-electron chi connectivity index (χ3n) is 6.80. The average molecular weight is 531 g/mol. The summed E-state index contributed by atoms with van der Waals surface area (Å²) < 4.78 is 10.5. The topological polar surface area (TPSA) is 111 Å². The molecule has 0 saturated carbocycles. The Hall–Kier alpha value is -4.26. The highest BCUT2D eigenvalue weighted by Crippen LogP contribution is 2.40. The van der Waals surface area contributed by atoms with Crippen molar-refractivity contribution in [2.75, 3.05) is 0 Å². The summed E-state index contributed by atoms with van der Waals surface area (Å²) in [6.07, 6.45) is 14.5. The van der Waals surface area contributed by atoms with Crippen LogP contribution in [0.4, 0.5) is 0 Å². The van der Waals surface area contributed by atoms with Crippen LogP contribution in [0.3, 0.4) is 0 Å². The lowest BCUT2D eigenvalue weighted by molar-refractivity contribution is -0.128. The van der Waals surface area contributed by atoms with Gasteiger partial charge in [0.05, 0.1) is 5.39 Å². The molecule has 0 amide bonds. The highest BCUT2D eigenvalue weighted by atomic mass is 16.5. The number of esters is 1. The third-order valence-corrected chi connectivity index (χ3v) is 6.80. The second kappa shape index (κ2) is 12.1. The van der Waals surface area contributed by atoms with E-state index < -0.39 is 23.3 Å². The number of aromatic carboxylic acids is 1. The van der Waals surface area contributed by atoms with E-state index in [0.29, 0.717) is 5.57 Å². The number of ether oxygens (including phenoxy) is 1. The molecular weight excluding hydrogens is 496 g/mol. The van der Waals surface area contributed by atoms with Crippen LogP contribution in [-0.4, -0.2) is 22.8 Å². The Bertz CT molecular complexity index is 1540. The summed E-state index contributed by atoms with van der Waals surface area (Å²) in [5.74, 6) is -3.02. The molecule has 0 aliphatic heterocycles. The summed E-state index contributed by atoms with van der Waals surface area (Å²) in [5, 5.41) is 9.63. The lowest BCUT2D eigenvalue weighted by Crippen LogP contribution is -2.19. The van der Waals surface area contributed by atoms with Crippen LogP contribution in [0.5, 0.6) is 5.75 Å². The summed E-state index contributed by atoms with van der Waals surface area (Å²) in [7, 11) is 0. The minimum Gasteiger partial charge on any atom is -0.478 e. The summed E-state index contributed by atoms with van der Waals surface area (Å²) in [6.45, 7) is 11.6. The van der Waals surface area contributed by atoms with Crippen LogP contribution in [0.25, 0.3) is 11.0 Å². The van der Waals surface area contributed by atoms with Crippen LogP contribution in [-0.2, 0) is 4.79 Å². The van der Waals surface area contributed by atoms with Crippen LogP contribution in [0.1, 0.15) is 81.5 Å². The first-order chi connectivity index (χ1) is 18.3. The number of carboxylic acids is 1. The monoisotopic (exact) mass is 530 g/mol. The van der Waals surface area contributed by atoms with E-state index in [0.717, 1.165) is 12.0 Å². The fourth-order valence-electron chi connectivity index (χ4n) is 4.69. The minimum absolute atomic E-state index is 0.00497. The van der Waals surface area contributed by atoms with Gasteiger partial charge < -0.3 is 14.3 Å². The van der Waals surface area contributed by atoms with Gasteiger partial charge in [-0.2, -0.15) is 0 Å². The van der Waals surface area contributed by atoms with Crippen molar-refractivity contribution in [3.63, 3.8) is 0 Å². The van der Waals surface area contributed by atoms with Crippen LogP contribution in [0.2, 0.25) is 0 Å². The number of carbonyl (C=O) groups excluding carboxylic acids is 2. The van der Waals surface area contributed by atoms with Gasteiger partial charge in [0.1, 0.15) is 16.7 Å². The maximum Gasteiger partial charge on any atom is 0.347 e. The maximum atomic E-state index is 12.7. The SMILES string of the molecule is CC(=O)c1cc2c(OC(=O)C=C(C)C=CC=C(C)C=CC3=C(C)CCCC3(C)C)c(C(=O)O)ccc2oc1=O. The Balaban J connectivity index is 1.81. The molecule has 0 saturated heterocycles. The Labute approximate surface area is 227 Å². The minimum atomic E-state index is -1.34. The van der Waals surface area contributed by atoms with E-state index in [1.807, 2.05) is 19.1 Å². The molecule has 1 aromatic carbocycles. The molecule has 7 heteroatoms. The number of Topliss-reactive ketones (excluding diaryl/α,β-unsaturated/α-hetero) is 1. The predicted molar refractivity (Wildman–Crippen MR) is 151 cm³/mol. The quantitative estimate of drug-likeness (QED) is 0.0965. The lowest BCUT2D eigenvalue weighted by atomic mass is 9.72. The number of rotatable bonds is 8. The molecular formula is C32H34O7. The first kappa shape index (κ1) is 29.3. The van der Waals surface area contributed by atoms with Gasteiger partial charge in [0.15, 0.2) is 11.5 Å². The third kappa shape index (κ3) is 7.19. The Kier molecular flexibility index (Phi) is 9.07. The molecule has 204 valence electrons. The zero-order valence-corrected chi connectivity index (χ0v) is 23.2. The number of hydrogen-bond donors (Lipinski definition) is 1. The Morgan fingerprint density at radius 1 is 1.05 bits per heavy atom. The number of fused-ring (bicyclic) bond motifs is 1. The van der Waals surface area contributed by atoms with Crippen molar-refractivity contribution in [2.24, 2.45) is 5.41 Å². The predicted octanol–water partition coefficient (Wildman–Crippen LogP) is 7.13. The van der Waals surface area contributed by atoms with Crippen LogP contribution in [0, 0.1) is 5.41 Å². The van der Waals surface area contributed by atoms with Gasteiger partial charge in [-0.25, -0.2) is 14.4 Å². The van der Waals surface area contributed by atoms with Crippen LogP contribution in [0.15, 0.2) is 86.2 Å². The van der Waals surface area contributed by atoms with Gasteiger partial charge in [-0.1, -0.05) is 55.4 Å². The molecule has 1 aliphatic carbocycles. The highest BCUT2D eigenvalue weighted by molar-refractivity contribution is 6.03. The molecule has 1 aromatic heterocycles. The van der Waals surface area contributed by atoms with Crippen molar-refractivity contribution in [1.29, 1.82) is 0 Å². The highest BCUT2D eigenvalue weighted by Gasteiger charge is 2.26. The number of carboxylic acid groups (broad SMARTS) is 1. The molecule has 0 bridgehead atoms. The number of allylic oxidation sites excluding steroid dienone is 9. The Morgan fingerprint density at radius 3 is 2.41 bits per heavy atom. The maximum absolute atomic E-state index is 12.7. The largest absolute Gasteiger partial charge is 0.478 e. The summed E-state index contributed by atoms with van der Waals surface area (Å²) in [4.78, 5) is 48.3. The molecule has 3 rings (SSSR count). The number of carbonyl (C=O) groups is 3. The van der Waals surface area contributed by atoms with Crippen molar-refractivity contribution in [2.45, 2.75) is 60.8 Å². The van der Waals surface area contributed by atoms with Crippen LogP contribution < -0.4 is 10.4 Å². The number of ketones is 1. The molecule has 1 N–H and O–H groups in total. The van der Waals surface area contributed by atoms with Crippen molar-refractivity contribution in [3.8, 4) is 5.75 Å². The van der Waals surface area contributed by atoms with E-state index in [1.165, 1.54) is 55.2 Å². The molecule has 0 unspecified atom stereocenters. The van der Waals surface area contributed by atoms with Gasteiger partial charge in [-0.05, 0) is 81.7 Å². The molecule has 1 heterocycles. The van der Waals surface area contributed by atoms with E-state index in [4.69, 9.17) is 9.15 Å². The van der Waals surface area contributed by atoms with Crippen molar-refractivity contribution < 1.29 is 28.6 Å². The van der Waals surface area contributed by atoms with Gasteiger partial charge in [-0.3, -0.25) is 4.79 Å². The zero-order valence-electron chi connectivity index (χ0n) is 23.2. The average Bonchev–Trinajstić information content (AvgIpc) is 2.82.